The van der Waals surface area contributed by atoms with Crippen LogP contribution in [0.25, 0.3) is 16.8 Å². The molecule has 0 spiro atoms. The third-order valence-corrected chi connectivity index (χ3v) is 6.12. The van der Waals surface area contributed by atoms with Crippen LogP contribution in [0.4, 0.5) is 10.5 Å². The third-order valence-electron chi connectivity index (χ3n) is 6.12. The van der Waals surface area contributed by atoms with Crippen molar-refractivity contribution in [1.82, 2.24) is 10.2 Å². The van der Waals surface area contributed by atoms with Crippen molar-refractivity contribution in [3.8, 4) is 0 Å². The summed E-state index contributed by atoms with van der Waals surface area (Å²) in [5, 5.41) is 17.6. The quantitative estimate of drug-likeness (QED) is 0.338. The van der Waals surface area contributed by atoms with Crippen molar-refractivity contribution in [2.24, 2.45) is 0 Å². The highest BCUT2D eigenvalue weighted by atomic mass is 16.6. The SMILES string of the molecule is C=Cc1cccc(C(C(=O)Nc2ccc3ccccc3c2)N(C(=O)C(CO)NC(=O)OC(C)(C)C)C(C)(C)C)c1. The standard InChI is InChI=1S/C32H39N3O5/c1-8-21-12-11-15-24(18-21)27(28(37)33-25-17-16-22-13-9-10-14-23(22)19-25)35(31(2,3)4)29(38)26(20-36)34-30(39)40-32(5,6)7/h8-19,26-27,36H,1,20H2,2-7H3,(H,33,37)(H,34,39). The van der Waals surface area contributed by atoms with Gasteiger partial charge in [0, 0.05) is 11.2 Å². The Bertz CT molecular complexity index is 1390. The Hall–Kier alpha value is -4.17. The van der Waals surface area contributed by atoms with Gasteiger partial charge in [-0.3, -0.25) is 9.59 Å². The molecule has 0 aromatic heterocycles. The lowest BCUT2D eigenvalue weighted by molar-refractivity contribution is -0.147. The van der Waals surface area contributed by atoms with Crippen LogP contribution < -0.4 is 10.6 Å². The van der Waals surface area contributed by atoms with E-state index in [1.165, 1.54) is 4.90 Å². The maximum absolute atomic E-state index is 14.1. The number of anilines is 1. The summed E-state index contributed by atoms with van der Waals surface area (Å²) in [6.45, 7) is 13.6. The largest absolute Gasteiger partial charge is 0.444 e. The van der Waals surface area contributed by atoms with Gasteiger partial charge in [-0.2, -0.15) is 0 Å². The van der Waals surface area contributed by atoms with Crippen LogP contribution in [0.3, 0.4) is 0 Å². The monoisotopic (exact) mass is 545 g/mol. The zero-order valence-corrected chi connectivity index (χ0v) is 24.0. The molecule has 3 amide bonds. The second kappa shape index (κ2) is 12.3. The Balaban J connectivity index is 2.06. The predicted octanol–water partition coefficient (Wildman–Crippen LogP) is 5.68. The van der Waals surface area contributed by atoms with Crippen LogP contribution in [-0.2, 0) is 14.3 Å². The molecule has 0 saturated heterocycles. The number of aliphatic hydroxyl groups is 1. The van der Waals surface area contributed by atoms with E-state index in [4.69, 9.17) is 4.74 Å². The molecular formula is C32H39N3O5. The van der Waals surface area contributed by atoms with Crippen molar-refractivity contribution in [1.29, 1.82) is 0 Å². The van der Waals surface area contributed by atoms with Crippen molar-refractivity contribution in [2.45, 2.75) is 64.8 Å². The number of carbonyl (C=O) groups is 3. The Morgan fingerprint density at radius 1 is 0.950 bits per heavy atom. The number of hydrogen-bond donors (Lipinski definition) is 3. The first-order valence-corrected chi connectivity index (χ1v) is 13.2. The van der Waals surface area contributed by atoms with Crippen LogP contribution in [-0.4, -0.2) is 51.7 Å². The molecule has 0 saturated carbocycles. The summed E-state index contributed by atoms with van der Waals surface area (Å²) in [5.41, 5.74) is 0.196. The molecule has 0 fully saturated rings. The summed E-state index contributed by atoms with van der Waals surface area (Å²) in [7, 11) is 0. The number of amides is 3. The smallest absolute Gasteiger partial charge is 0.408 e. The number of hydrogen-bond acceptors (Lipinski definition) is 5. The number of nitrogens with zero attached hydrogens (tertiary/aromatic N) is 1. The van der Waals surface area contributed by atoms with E-state index in [0.29, 0.717) is 11.3 Å². The van der Waals surface area contributed by atoms with E-state index in [2.05, 4.69) is 17.2 Å². The van der Waals surface area contributed by atoms with Crippen molar-refractivity contribution in [3.05, 3.63) is 84.4 Å². The summed E-state index contributed by atoms with van der Waals surface area (Å²) in [5.74, 6) is -1.09. The molecule has 0 aliphatic rings. The normalized spacial score (nSPS) is 13.2. The topological polar surface area (TPSA) is 108 Å². The van der Waals surface area contributed by atoms with Gasteiger partial charge < -0.3 is 25.4 Å². The molecular weight excluding hydrogens is 506 g/mol. The fourth-order valence-corrected chi connectivity index (χ4v) is 4.40. The second-order valence-electron chi connectivity index (χ2n) is 11.6. The number of carbonyl (C=O) groups excluding carboxylic acids is 3. The van der Waals surface area contributed by atoms with Gasteiger partial charge in [0.25, 0.3) is 5.91 Å². The van der Waals surface area contributed by atoms with Crippen LogP contribution in [0.15, 0.2) is 73.3 Å². The van der Waals surface area contributed by atoms with Crippen molar-refractivity contribution in [3.63, 3.8) is 0 Å². The second-order valence-corrected chi connectivity index (χ2v) is 11.6. The van der Waals surface area contributed by atoms with Crippen molar-refractivity contribution < 1.29 is 24.2 Å². The minimum Gasteiger partial charge on any atom is -0.444 e. The average Bonchev–Trinajstić information content (AvgIpc) is 2.88. The maximum atomic E-state index is 14.1. The van der Waals surface area contributed by atoms with Gasteiger partial charge in [0.05, 0.1) is 6.61 Å². The lowest BCUT2D eigenvalue weighted by Gasteiger charge is -2.42. The predicted molar refractivity (Wildman–Crippen MR) is 159 cm³/mol. The molecule has 0 radical (unpaired) electrons. The lowest BCUT2D eigenvalue weighted by Crippen LogP contribution is -2.59. The van der Waals surface area contributed by atoms with Gasteiger partial charge in [-0.1, -0.05) is 61.2 Å². The number of nitrogens with one attached hydrogen (secondary N) is 2. The molecule has 0 bridgehead atoms. The fraction of sp³-hybridized carbons (Fsp3) is 0.344. The number of benzene rings is 3. The minimum absolute atomic E-state index is 0.450. The number of fused-ring (bicyclic) bond motifs is 1. The zero-order chi connectivity index (χ0) is 29.7. The highest BCUT2D eigenvalue weighted by Gasteiger charge is 2.42. The van der Waals surface area contributed by atoms with Gasteiger partial charge in [-0.05, 0) is 81.6 Å². The Labute approximate surface area is 236 Å². The van der Waals surface area contributed by atoms with Crippen LogP contribution in [0.2, 0.25) is 0 Å². The molecule has 0 aliphatic heterocycles. The van der Waals surface area contributed by atoms with Gasteiger partial charge >= 0.3 is 6.09 Å². The molecule has 3 aromatic carbocycles. The van der Waals surface area contributed by atoms with E-state index in [0.717, 1.165) is 16.3 Å². The molecule has 3 N–H and O–H groups in total. The molecule has 212 valence electrons. The van der Waals surface area contributed by atoms with Crippen molar-refractivity contribution >= 4 is 40.4 Å². The maximum Gasteiger partial charge on any atom is 0.408 e. The molecule has 3 rings (SSSR count). The Morgan fingerprint density at radius 3 is 2.23 bits per heavy atom. The molecule has 3 aromatic rings. The number of alkyl carbamates (subject to hydrolysis) is 1. The average molecular weight is 546 g/mol. The first kappa shape index (κ1) is 30.4. The van der Waals surface area contributed by atoms with Crippen molar-refractivity contribution in [2.75, 3.05) is 11.9 Å². The zero-order valence-electron chi connectivity index (χ0n) is 24.0. The Morgan fingerprint density at radius 2 is 1.62 bits per heavy atom. The van der Waals surface area contributed by atoms with E-state index in [1.54, 1.807) is 71.9 Å². The summed E-state index contributed by atoms with van der Waals surface area (Å²) < 4.78 is 5.30. The molecule has 8 heteroatoms. The molecule has 40 heavy (non-hydrogen) atoms. The van der Waals surface area contributed by atoms with Crippen LogP contribution in [0, 0.1) is 0 Å². The lowest BCUT2D eigenvalue weighted by atomic mass is 9.94. The van der Waals surface area contributed by atoms with Gasteiger partial charge in [0.15, 0.2) is 0 Å². The summed E-state index contributed by atoms with van der Waals surface area (Å²) >= 11 is 0. The fourth-order valence-electron chi connectivity index (χ4n) is 4.40. The van der Waals surface area contributed by atoms with E-state index in [1.807, 2.05) is 42.5 Å². The van der Waals surface area contributed by atoms with Crippen LogP contribution >= 0.6 is 0 Å². The first-order valence-electron chi connectivity index (χ1n) is 13.2. The molecule has 2 unspecified atom stereocenters. The summed E-state index contributed by atoms with van der Waals surface area (Å²) in [4.78, 5) is 42.0. The van der Waals surface area contributed by atoms with E-state index < -0.39 is 47.7 Å². The number of ether oxygens (including phenoxy) is 1. The number of aliphatic hydroxyl groups excluding tert-OH is 1. The minimum atomic E-state index is -1.34. The Kier molecular flexibility index (Phi) is 9.37. The van der Waals surface area contributed by atoms with E-state index in [9.17, 15) is 19.5 Å². The summed E-state index contributed by atoms with van der Waals surface area (Å²) in [6.07, 6.45) is 0.811. The molecule has 2 atom stereocenters. The molecule has 8 nitrogen and oxygen atoms in total. The van der Waals surface area contributed by atoms with Gasteiger partial charge in [0.2, 0.25) is 5.91 Å². The van der Waals surface area contributed by atoms with Crippen LogP contribution in [0.1, 0.15) is 58.7 Å². The van der Waals surface area contributed by atoms with Crippen LogP contribution in [0.5, 0.6) is 0 Å². The van der Waals surface area contributed by atoms with Gasteiger partial charge in [-0.25, -0.2) is 4.79 Å². The molecule has 0 heterocycles. The third kappa shape index (κ3) is 7.70. The highest BCUT2D eigenvalue weighted by Crippen LogP contribution is 2.32. The number of rotatable bonds is 8. The van der Waals surface area contributed by atoms with Gasteiger partial charge in [-0.15, -0.1) is 0 Å². The van der Waals surface area contributed by atoms with Gasteiger partial charge in [0.1, 0.15) is 17.7 Å². The summed E-state index contributed by atoms with van der Waals surface area (Å²) in [6, 6.07) is 18.1. The molecule has 0 aliphatic carbocycles. The van der Waals surface area contributed by atoms with E-state index in [-0.39, 0.29) is 0 Å². The highest BCUT2D eigenvalue weighted by molar-refractivity contribution is 6.00. The van der Waals surface area contributed by atoms with E-state index >= 15 is 0 Å². The first-order chi connectivity index (χ1) is 18.7.